The van der Waals surface area contributed by atoms with E-state index >= 15 is 0 Å². The molecule has 138 valence electrons. The zero-order valence-corrected chi connectivity index (χ0v) is 15.3. The van der Waals surface area contributed by atoms with Gasteiger partial charge in [-0.3, -0.25) is 14.6 Å². The summed E-state index contributed by atoms with van der Waals surface area (Å²) in [5.41, 5.74) is 0.842. The van der Waals surface area contributed by atoms with Crippen molar-refractivity contribution in [3.63, 3.8) is 0 Å². The van der Waals surface area contributed by atoms with Gasteiger partial charge in [-0.25, -0.2) is 13.6 Å². The molecule has 0 aromatic heterocycles. The van der Waals surface area contributed by atoms with E-state index in [4.69, 9.17) is 5.14 Å². The lowest BCUT2D eigenvalue weighted by Crippen LogP contribution is -2.56. The molecule has 2 saturated heterocycles. The van der Waals surface area contributed by atoms with Crippen molar-refractivity contribution in [2.45, 2.75) is 43.3 Å². The van der Waals surface area contributed by atoms with E-state index in [0.29, 0.717) is 25.2 Å². The fourth-order valence-corrected chi connectivity index (χ4v) is 4.22. The van der Waals surface area contributed by atoms with Crippen LogP contribution in [0, 0.1) is 0 Å². The minimum atomic E-state index is -3.68. The number of nitrogens with two attached hydrogens (primary N) is 1. The van der Waals surface area contributed by atoms with E-state index in [9.17, 15) is 13.2 Å². The summed E-state index contributed by atoms with van der Waals surface area (Å²) in [5, 5.41) is 7.99. The van der Waals surface area contributed by atoms with Crippen molar-refractivity contribution in [1.82, 2.24) is 15.1 Å². The Kier molecular flexibility index (Phi) is 5.43. The van der Waals surface area contributed by atoms with Gasteiger partial charge in [0.05, 0.1) is 11.4 Å². The molecule has 2 aliphatic rings. The number of piperazine rings is 1. The Balaban J connectivity index is 1.49. The molecule has 0 unspecified atom stereocenters. The molecule has 2 heterocycles. The number of benzene rings is 1. The van der Waals surface area contributed by atoms with Gasteiger partial charge in [-0.2, -0.15) is 0 Å². The molecule has 0 spiro atoms. The van der Waals surface area contributed by atoms with Crippen LogP contribution >= 0.6 is 0 Å². The molecule has 7 nitrogen and oxygen atoms in total. The van der Waals surface area contributed by atoms with E-state index in [1.54, 1.807) is 12.1 Å². The third-order valence-corrected chi connectivity index (χ3v) is 6.08. The Morgan fingerprint density at radius 1 is 1.28 bits per heavy atom. The molecular weight excluding hydrogens is 340 g/mol. The molecule has 1 aromatic rings. The summed E-state index contributed by atoms with van der Waals surface area (Å²) in [6.07, 6.45) is 2.48. The summed E-state index contributed by atoms with van der Waals surface area (Å²) >= 11 is 0. The predicted octanol–water partition coefficient (Wildman–Crippen LogP) is 0.119. The first-order chi connectivity index (χ1) is 11.8. The van der Waals surface area contributed by atoms with Crippen molar-refractivity contribution in [1.29, 1.82) is 0 Å². The first-order valence-corrected chi connectivity index (χ1v) is 10.2. The van der Waals surface area contributed by atoms with Crippen LogP contribution in [0.5, 0.6) is 0 Å². The molecule has 0 aliphatic carbocycles. The largest absolute Gasteiger partial charge is 0.351 e. The van der Waals surface area contributed by atoms with Gasteiger partial charge in [-0.1, -0.05) is 12.1 Å². The third-order valence-electron chi connectivity index (χ3n) is 5.15. The van der Waals surface area contributed by atoms with Gasteiger partial charge in [-0.15, -0.1) is 0 Å². The molecule has 0 bridgehead atoms. The summed E-state index contributed by atoms with van der Waals surface area (Å²) in [6.45, 7) is 6.13. The van der Waals surface area contributed by atoms with Crippen LogP contribution in [0.3, 0.4) is 0 Å². The second-order valence-electron chi connectivity index (χ2n) is 7.04. The zero-order valence-electron chi connectivity index (χ0n) is 14.5. The van der Waals surface area contributed by atoms with Crippen molar-refractivity contribution < 1.29 is 13.2 Å². The van der Waals surface area contributed by atoms with E-state index < -0.39 is 10.0 Å². The average molecular weight is 366 g/mol. The summed E-state index contributed by atoms with van der Waals surface area (Å²) in [5.74, 6) is -0.00572. The minimum Gasteiger partial charge on any atom is -0.351 e. The van der Waals surface area contributed by atoms with E-state index in [0.717, 1.165) is 18.7 Å². The lowest BCUT2D eigenvalue weighted by Gasteiger charge is -2.41. The molecule has 1 amide bonds. The molecule has 2 aliphatic heterocycles. The fourth-order valence-electron chi connectivity index (χ4n) is 3.71. The Labute approximate surface area is 149 Å². The van der Waals surface area contributed by atoms with Crippen molar-refractivity contribution in [2.24, 2.45) is 5.14 Å². The number of fused-ring (bicyclic) bond motifs is 1. The Morgan fingerprint density at radius 3 is 2.68 bits per heavy atom. The summed E-state index contributed by atoms with van der Waals surface area (Å²) in [7, 11) is -3.68. The maximum absolute atomic E-state index is 12.3. The van der Waals surface area contributed by atoms with E-state index in [1.807, 2.05) is 0 Å². The maximum atomic E-state index is 12.3. The summed E-state index contributed by atoms with van der Waals surface area (Å²) in [6, 6.07) is 7.22. The molecule has 2 atom stereocenters. The Bertz CT molecular complexity index is 720. The molecule has 8 heteroatoms. The number of primary sulfonamides is 1. The molecule has 2 fully saturated rings. The first kappa shape index (κ1) is 18.3. The van der Waals surface area contributed by atoms with E-state index in [1.165, 1.54) is 31.5 Å². The number of nitrogens with zero attached hydrogens (tertiary/aromatic N) is 2. The summed E-state index contributed by atoms with van der Waals surface area (Å²) < 4.78 is 22.5. The third kappa shape index (κ3) is 4.58. The highest BCUT2D eigenvalue weighted by Crippen LogP contribution is 2.24. The van der Waals surface area contributed by atoms with Crippen molar-refractivity contribution in [2.75, 3.05) is 26.2 Å². The van der Waals surface area contributed by atoms with Gasteiger partial charge in [0.1, 0.15) is 0 Å². The average Bonchev–Trinajstić information content (AvgIpc) is 3.00. The molecule has 1 aromatic carbocycles. The number of carbonyl (C=O) groups excluding carboxylic acids is 1. The minimum absolute atomic E-state index is 0.00572. The van der Waals surface area contributed by atoms with Crippen LogP contribution in [-0.4, -0.2) is 62.4 Å². The quantitative estimate of drug-likeness (QED) is 0.772. The number of carbonyl (C=O) groups is 1. The van der Waals surface area contributed by atoms with E-state index in [2.05, 4.69) is 22.0 Å². The number of rotatable bonds is 5. The lowest BCUT2D eigenvalue weighted by molar-refractivity contribution is -0.123. The van der Waals surface area contributed by atoms with Gasteiger partial charge in [0.15, 0.2) is 0 Å². The highest BCUT2D eigenvalue weighted by molar-refractivity contribution is 7.89. The van der Waals surface area contributed by atoms with Gasteiger partial charge in [0.25, 0.3) is 0 Å². The Morgan fingerprint density at radius 2 is 2.00 bits per heavy atom. The SMILES string of the molecule is C[C@@H]1CN2CCC[C@H]2CN1CC(=O)NCc1ccc(S(N)(=O)=O)cc1. The summed E-state index contributed by atoms with van der Waals surface area (Å²) in [4.78, 5) is 17.1. The second kappa shape index (κ2) is 7.41. The van der Waals surface area contributed by atoms with Gasteiger partial charge < -0.3 is 5.32 Å². The molecule has 0 saturated carbocycles. The van der Waals surface area contributed by atoms with Crippen LogP contribution in [0.2, 0.25) is 0 Å². The van der Waals surface area contributed by atoms with Gasteiger partial charge >= 0.3 is 0 Å². The highest BCUT2D eigenvalue weighted by Gasteiger charge is 2.34. The molecule has 0 radical (unpaired) electrons. The molecule has 25 heavy (non-hydrogen) atoms. The van der Waals surface area contributed by atoms with Crippen molar-refractivity contribution in [3.8, 4) is 0 Å². The number of nitrogens with one attached hydrogen (secondary N) is 1. The van der Waals surface area contributed by atoms with Crippen molar-refractivity contribution in [3.05, 3.63) is 29.8 Å². The standard InChI is InChI=1S/C17H26N4O3S/c1-13-10-20-8-2-3-15(20)11-21(13)12-17(22)19-9-14-4-6-16(7-5-14)25(18,23)24/h4-7,13,15H,2-3,8-12H2,1H3,(H,19,22)(H2,18,23,24)/t13-,15+/m1/s1. The van der Waals surface area contributed by atoms with Crippen LogP contribution in [0.25, 0.3) is 0 Å². The number of hydrogen-bond donors (Lipinski definition) is 2. The monoisotopic (exact) mass is 366 g/mol. The number of amides is 1. The van der Waals surface area contributed by atoms with Crippen molar-refractivity contribution >= 4 is 15.9 Å². The fraction of sp³-hybridized carbons (Fsp3) is 0.588. The topological polar surface area (TPSA) is 95.7 Å². The van der Waals surface area contributed by atoms with Crippen LogP contribution in [0.1, 0.15) is 25.3 Å². The zero-order chi connectivity index (χ0) is 18.0. The van der Waals surface area contributed by atoms with Crippen LogP contribution in [0.15, 0.2) is 29.2 Å². The predicted molar refractivity (Wildman–Crippen MR) is 95.3 cm³/mol. The van der Waals surface area contributed by atoms with Crippen LogP contribution < -0.4 is 10.5 Å². The Hall–Kier alpha value is -1.48. The first-order valence-electron chi connectivity index (χ1n) is 8.69. The van der Waals surface area contributed by atoms with E-state index in [-0.39, 0.29) is 10.8 Å². The maximum Gasteiger partial charge on any atom is 0.238 e. The normalized spacial score (nSPS) is 24.9. The molecule has 3 rings (SSSR count). The van der Waals surface area contributed by atoms with Crippen LogP contribution in [-0.2, 0) is 21.4 Å². The smallest absolute Gasteiger partial charge is 0.238 e. The van der Waals surface area contributed by atoms with Gasteiger partial charge in [0.2, 0.25) is 15.9 Å². The lowest BCUT2D eigenvalue weighted by atomic mass is 10.1. The van der Waals surface area contributed by atoms with Gasteiger partial charge in [-0.05, 0) is 44.0 Å². The van der Waals surface area contributed by atoms with Crippen LogP contribution in [0.4, 0.5) is 0 Å². The number of hydrogen-bond acceptors (Lipinski definition) is 5. The number of sulfonamides is 1. The highest BCUT2D eigenvalue weighted by atomic mass is 32.2. The molecular formula is C17H26N4O3S. The second-order valence-corrected chi connectivity index (χ2v) is 8.60. The van der Waals surface area contributed by atoms with Gasteiger partial charge in [0, 0.05) is 31.7 Å². The molecule has 3 N–H and O–H groups in total.